The van der Waals surface area contributed by atoms with Gasteiger partial charge in [0, 0.05) is 6.61 Å². The van der Waals surface area contributed by atoms with Crippen molar-refractivity contribution in [1.82, 2.24) is 5.32 Å². The molecule has 0 heterocycles. The van der Waals surface area contributed by atoms with Crippen molar-refractivity contribution >= 4 is 0 Å². The average molecular weight is 188 g/mol. The van der Waals surface area contributed by atoms with Gasteiger partial charge in [-0.05, 0) is 51.7 Å². The van der Waals surface area contributed by atoms with Crippen LogP contribution in [-0.2, 0) is 0 Å². The number of nitrogens with two attached hydrogens (primary N) is 1. The number of hydrogen-bond acceptors (Lipinski definition) is 3. The first-order valence-corrected chi connectivity index (χ1v) is 5.43. The summed E-state index contributed by atoms with van der Waals surface area (Å²) in [6.45, 7) is 3.34. The van der Waals surface area contributed by atoms with Crippen molar-refractivity contribution in [2.24, 2.45) is 5.73 Å². The Hall–Kier alpha value is -0.120. The van der Waals surface area contributed by atoms with E-state index in [4.69, 9.17) is 10.8 Å². The maximum Gasteiger partial charge on any atom is 0.0431 e. The van der Waals surface area contributed by atoms with Gasteiger partial charge in [-0.25, -0.2) is 0 Å². The average Bonchev–Trinajstić information content (AvgIpc) is 2.16. The predicted molar refractivity (Wildman–Crippen MR) is 56.7 cm³/mol. The molecule has 0 rings (SSSR count). The fourth-order valence-corrected chi connectivity index (χ4v) is 1.23. The van der Waals surface area contributed by atoms with Crippen LogP contribution in [0.4, 0.5) is 0 Å². The minimum atomic E-state index is 0.330. The predicted octanol–water partition coefficient (Wildman–Crippen LogP) is 0.868. The van der Waals surface area contributed by atoms with Crippen LogP contribution in [0.5, 0.6) is 0 Å². The minimum Gasteiger partial charge on any atom is -0.396 e. The fourth-order valence-electron chi connectivity index (χ4n) is 1.23. The Balaban J connectivity index is 2.76. The molecule has 0 fully saturated rings. The second-order valence-corrected chi connectivity index (χ2v) is 3.38. The Bertz CT molecular complexity index is 79.0. The molecule has 0 aliphatic rings. The molecule has 0 atom stereocenters. The fraction of sp³-hybridized carbons (Fsp3) is 1.00. The largest absolute Gasteiger partial charge is 0.396 e. The van der Waals surface area contributed by atoms with Gasteiger partial charge in [-0.3, -0.25) is 0 Å². The quantitative estimate of drug-likeness (QED) is 0.446. The van der Waals surface area contributed by atoms with Crippen molar-refractivity contribution in [3.63, 3.8) is 0 Å². The summed E-state index contributed by atoms with van der Waals surface area (Å²) in [7, 11) is 0. The number of hydrogen-bond donors (Lipinski definition) is 3. The smallest absolute Gasteiger partial charge is 0.0431 e. The first-order valence-electron chi connectivity index (χ1n) is 5.43. The zero-order valence-electron chi connectivity index (χ0n) is 8.60. The zero-order chi connectivity index (χ0) is 9.78. The van der Waals surface area contributed by atoms with Crippen LogP contribution in [0.15, 0.2) is 0 Å². The molecule has 0 aromatic carbocycles. The zero-order valence-corrected chi connectivity index (χ0v) is 8.60. The van der Waals surface area contributed by atoms with E-state index in [1.807, 2.05) is 0 Å². The van der Waals surface area contributed by atoms with Gasteiger partial charge in [0.1, 0.15) is 0 Å². The minimum absolute atomic E-state index is 0.330. The van der Waals surface area contributed by atoms with Gasteiger partial charge in [0.05, 0.1) is 0 Å². The molecular weight excluding hydrogens is 164 g/mol. The molecule has 0 aliphatic carbocycles. The van der Waals surface area contributed by atoms with Gasteiger partial charge in [-0.2, -0.15) is 0 Å². The molecule has 0 aliphatic heterocycles. The normalized spacial score (nSPS) is 10.6. The van der Waals surface area contributed by atoms with Crippen molar-refractivity contribution in [2.75, 3.05) is 26.2 Å². The van der Waals surface area contributed by atoms with Crippen molar-refractivity contribution in [1.29, 1.82) is 0 Å². The molecule has 0 radical (unpaired) electrons. The van der Waals surface area contributed by atoms with Crippen LogP contribution in [0.2, 0.25) is 0 Å². The summed E-state index contributed by atoms with van der Waals surface area (Å²) in [6.07, 6.45) is 6.86. The summed E-state index contributed by atoms with van der Waals surface area (Å²) >= 11 is 0. The molecule has 0 saturated heterocycles. The highest BCUT2D eigenvalue weighted by atomic mass is 16.2. The van der Waals surface area contributed by atoms with Gasteiger partial charge >= 0.3 is 0 Å². The number of aliphatic hydroxyl groups is 1. The lowest BCUT2D eigenvalue weighted by Gasteiger charge is -2.03. The SMILES string of the molecule is NCCCCCNCCCCCO. The maximum atomic E-state index is 8.53. The molecule has 0 amide bonds. The van der Waals surface area contributed by atoms with Gasteiger partial charge in [-0.1, -0.05) is 6.42 Å². The Morgan fingerprint density at radius 1 is 0.846 bits per heavy atom. The van der Waals surface area contributed by atoms with Gasteiger partial charge in [0.2, 0.25) is 0 Å². The molecule has 3 nitrogen and oxygen atoms in total. The first kappa shape index (κ1) is 12.9. The lowest BCUT2D eigenvalue weighted by atomic mass is 10.2. The van der Waals surface area contributed by atoms with Crippen molar-refractivity contribution in [3.8, 4) is 0 Å². The number of rotatable bonds is 10. The monoisotopic (exact) mass is 188 g/mol. The van der Waals surface area contributed by atoms with E-state index in [2.05, 4.69) is 5.32 Å². The van der Waals surface area contributed by atoms with E-state index in [0.717, 1.165) is 38.9 Å². The van der Waals surface area contributed by atoms with E-state index in [0.29, 0.717) is 6.61 Å². The number of unbranched alkanes of at least 4 members (excludes halogenated alkanes) is 4. The summed E-state index contributed by atoms with van der Waals surface area (Å²) < 4.78 is 0. The third kappa shape index (κ3) is 11.9. The summed E-state index contributed by atoms with van der Waals surface area (Å²) in [5, 5.41) is 11.9. The van der Waals surface area contributed by atoms with Crippen LogP contribution in [0.3, 0.4) is 0 Å². The molecule has 0 spiro atoms. The Morgan fingerprint density at radius 3 is 2.00 bits per heavy atom. The van der Waals surface area contributed by atoms with Gasteiger partial charge < -0.3 is 16.2 Å². The second-order valence-electron chi connectivity index (χ2n) is 3.38. The van der Waals surface area contributed by atoms with Gasteiger partial charge in [-0.15, -0.1) is 0 Å². The molecule has 0 aromatic heterocycles. The highest BCUT2D eigenvalue weighted by molar-refractivity contribution is 4.50. The lowest BCUT2D eigenvalue weighted by molar-refractivity contribution is 0.283. The van der Waals surface area contributed by atoms with Crippen molar-refractivity contribution < 1.29 is 5.11 Å². The summed E-state index contributed by atoms with van der Waals surface area (Å²) in [5.74, 6) is 0. The molecule has 3 heteroatoms. The van der Waals surface area contributed by atoms with Crippen LogP contribution in [-0.4, -0.2) is 31.3 Å². The summed E-state index contributed by atoms with van der Waals surface area (Å²) in [6, 6.07) is 0. The first-order chi connectivity index (χ1) is 6.41. The maximum absolute atomic E-state index is 8.53. The Morgan fingerprint density at radius 2 is 1.46 bits per heavy atom. The second kappa shape index (κ2) is 11.9. The molecule has 0 bridgehead atoms. The number of aliphatic hydroxyl groups excluding tert-OH is 1. The van der Waals surface area contributed by atoms with Crippen molar-refractivity contribution in [3.05, 3.63) is 0 Å². The number of nitrogens with one attached hydrogen (secondary N) is 1. The van der Waals surface area contributed by atoms with Crippen molar-refractivity contribution in [2.45, 2.75) is 38.5 Å². The van der Waals surface area contributed by atoms with Crippen LogP contribution in [0.1, 0.15) is 38.5 Å². The van der Waals surface area contributed by atoms with Crippen LogP contribution in [0.25, 0.3) is 0 Å². The molecule has 0 unspecified atom stereocenters. The van der Waals surface area contributed by atoms with E-state index in [1.165, 1.54) is 19.3 Å². The van der Waals surface area contributed by atoms with E-state index in [1.54, 1.807) is 0 Å². The van der Waals surface area contributed by atoms with Gasteiger partial charge in [0.15, 0.2) is 0 Å². The van der Waals surface area contributed by atoms with E-state index < -0.39 is 0 Å². The Kier molecular flexibility index (Phi) is 11.8. The third-order valence-corrected chi connectivity index (χ3v) is 2.07. The van der Waals surface area contributed by atoms with E-state index >= 15 is 0 Å². The highest BCUT2D eigenvalue weighted by Crippen LogP contribution is 1.93. The lowest BCUT2D eigenvalue weighted by Crippen LogP contribution is -2.16. The molecular formula is C10H24N2O. The van der Waals surface area contributed by atoms with Crippen LogP contribution < -0.4 is 11.1 Å². The van der Waals surface area contributed by atoms with E-state index in [-0.39, 0.29) is 0 Å². The van der Waals surface area contributed by atoms with Gasteiger partial charge in [0.25, 0.3) is 0 Å². The summed E-state index contributed by atoms with van der Waals surface area (Å²) in [4.78, 5) is 0. The topological polar surface area (TPSA) is 58.3 Å². The van der Waals surface area contributed by atoms with E-state index in [9.17, 15) is 0 Å². The Labute approximate surface area is 81.7 Å². The standard InChI is InChI=1S/C10H24N2O/c11-7-3-1-4-8-12-9-5-2-6-10-13/h12-13H,1-11H2. The summed E-state index contributed by atoms with van der Waals surface area (Å²) in [5.41, 5.74) is 5.38. The third-order valence-electron chi connectivity index (χ3n) is 2.07. The van der Waals surface area contributed by atoms with Crippen LogP contribution >= 0.6 is 0 Å². The van der Waals surface area contributed by atoms with Crippen LogP contribution in [0, 0.1) is 0 Å². The highest BCUT2D eigenvalue weighted by Gasteiger charge is 1.89. The molecule has 0 aromatic rings. The molecule has 0 saturated carbocycles. The molecule has 13 heavy (non-hydrogen) atoms. The molecule has 4 N–H and O–H groups in total. The molecule has 80 valence electrons.